The van der Waals surface area contributed by atoms with Crippen molar-refractivity contribution in [3.8, 4) is 6.07 Å². The minimum absolute atomic E-state index is 0.423. The van der Waals surface area contributed by atoms with Crippen LogP contribution < -0.4 is 5.30 Å². The molecule has 0 spiro atoms. The van der Waals surface area contributed by atoms with Gasteiger partial charge in [-0.1, -0.05) is 6.07 Å². The first-order valence-corrected chi connectivity index (χ1v) is 6.13. The number of hydrogen-bond donors (Lipinski definition) is 0. The predicted molar refractivity (Wildman–Crippen MR) is 64.7 cm³/mol. The Labute approximate surface area is 96.2 Å². The molecule has 1 aromatic carbocycles. The van der Waals surface area contributed by atoms with Crippen molar-refractivity contribution in [2.24, 2.45) is 0 Å². The number of nitriles is 1. The van der Waals surface area contributed by atoms with Gasteiger partial charge in [0.25, 0.3) is 0 Å². The highest BCUT2D eigenvalue weighted by Gasteiger charge is 2.21. The number of rotatable bonds is 4. The molecule has 0 heterocycles. The van der Waals surface area contributed by atoms with Gasteiger partial charge in [0.2, 0.25) is 5.30 Å². The molecule has 0 aromatic heterocycles. The highest BCUT2D eigenvalue weighted by Crippen LogP contribution is 2.22. The van der Waals surface area contributed by atoms with Gasteiger partial charge < -0.3 is 0 Å². The number of nitrogens with zero attached hydrogens (tertiary/aromatic N) is 1. The lowest BCUT2D eigenvalue weighted by Gasteiger charge is -1.95. The average Bonchev–Trinajstić information content (AvgIpc) is 2.26. The smallest absolute Gasteiger partial charge is 0.193 e. The first-order valence-electron chi connectivity index (χ1n) is 4.95. The maximum Gasteiger partial charge on any atom is 0.548 e. The molecule has 1 atom stereocenters. The van der Waals surface area contributed by atoms with E-state index in [9.17, 15) is 4.57 Å². The van der Waals surface area contributed by atoms with Crippen LogP contribution >= 0.6 is 8.03 Å². The molecule has 4 heteroatoms. The Hall–Kier alpha value is -1.49. The molecule has 0 amide bonds. The molecule has 1 rings (SSSR count). The second kappa shape index (κ2) is 6.17. The fraction of sp³-hybridized carbons (Fsp3) is 0.250. The second-order valence-electron chi connectivity index (χ2n) is 3.24. The zero-order valence-electron chi connectivity index (χ0n) is 9.30. The summed E-state index contributed by atoms with van der Waals surface area (Å²) in [5.74, 6) is 0. The first-order chi connectivity index (χ1) is 7.67. The molecule has 0 radical (unpaired) electrons. The van der Waals surface area contributed by atoms with E-state index in [4.69, 9.17) is 9.79 Å². The Bertz CT molecular complexity index is 461. The van der Waals surface area contributed by atoms with Gasteiger partial charge in [0, 0.05) is 12.1 Å². The Kier molecular flexibility index (Phi) is 4.85. The Morgan fingerprint density at radius 1 is 1.50 bits per heavy atom. The van der Waals surface area contributed by atoms with E-state index in [0.29, 0.717) is 11.9 Å². The molecule has 0 aliphatic carbocycles. The summed E-state index contributed by atoms with van der Waals surface area (Å²) in [5.41, 5.74) is 1.86. The monoisotopic (exact) mass is 234 g/mol. The maximum atomic E-state index is 11.7. The molecule has 82 valence electrons. The standard InChI is InChI=1S/C12H13NO2P/c1-3-15-16(14)12-8-10(2)7-11(9-12)5-4-6-13/h4-5,7-9H,3H2,1-2H3/q+1/b5-4+. The maximum absolute atomic E-state index is 11.7. The van der Waals surface area contributed by atoms with Crippen LogP contribution in [-0.2, 0) is 9.09 Å². The van der Waals surface area contributed by atoms with Gasteiger partial charge in [0.05, 0.1) is 6.07 Å². The normalized spacial score (nSPS) is 11.4. The van der Waals surface area contributed by atoms with Crippen molar-refractivity contribution in [1.82, 2.24) is 0 Å². The van der Waals surface area contributed by atoms with Crippen molar-refractivity contribution in [2.75, 3.05) is 6.61 Å². The van der Waals surface area contributed by atoms with Gasteiger partial charge in [0.15, 0.2) is 0 Å². The lowest BCUT2D eigenvalue weighted by molar-refractivity contribution is 0.357. The SMILES string of the molecule is CCO[P+](=O)c1cc(C)cc(/C=C/C#N)c1. The molecule has 0 bridgehead atoms. The zero-order valence-corrected chi connectivity index (χ0v) is 10.2. The van der Waals surface area contributed by atoms with Gasteiger partial charge in [-0.05, 0) is 41.7 Å². The van der Waals surface area contributed by atoms with Crippen molar-refractivity contribution in [2.45, 2.75) is 13.8 Å². The van der Waals surface area contributed by atoms with E-state index in [2.05, 4.69) is 0 Å². The van der Waals surface area contributed by atoms with Crippen LogP contribution in [0, 0.1) is 18.3 Å². The molecule has 3 nitrogen and oxygen atoms in total. The van der Waals surface area contributed by atoms with Crippen molar-refractivity contribution < 1.29 is 9.09 Å². The van der Waals surface area contributed by atoms with Crippen molar-refractivity contribution in [3.63, 3.8) is 0 Å². The summed E-state index contributed by atoms with van der Waals surface area (Å²) in [4.78, 5) is 0. The predicted octanol–water partition coefficient (Wildman–Crippen LogP) is 2.94. The summed E-state index contributed by atoms with van der Waals surface area (Å²) in [6.07, 6.45) is 3.08. The minimum Gasteiger partial charge on any atom is -0.193 e. The van der Waals surface area contributed by atoms with Crippen LogP contribution in [0.2, 0.25) is 0 Å². The molecule has 16 heavy (non-hydrogen) atoms. The van der Waals surface area contributed by atoms with Crippen LogP contribution in [0.5, 0.6) is 0 Å². The van der Waals surface area contributed by atoms with Gasteiger partial charge in [-0.3, -0.25) is 0 Å². The lowest BCUT2D eigenvalue weighted by atomic mass is 10.1. The van der Waals surface area contributed by atoms with Crippen LogP contribution in [0.25, 0.3) is 6.08 Å². The summed E-state index contributed by atoms with van der Waals surface area (Å²) in [6.45, 7) is 4.15. The van der Waals surface area contributed by atoms with Crippen LogP contribution in [-0.4, -0.2) is 6.61 Å². The van der Waals surface area contributed by atoms with E-state index in [1.807, 2.05) is 25.1 Å². The molecule has 0 saturated carbocycles. The first kappa shape index (κ1) is 12.6. The van der Waals surface area contributed by atoms with Crippen molar-refractivity contribution >= 4 is 19.4 Å². The third-order valence-electron chi connectivity index (χ3n) is 1.89. The Morgan fingerprint density at radius 2 is 2.25 bits per heavy atom. The van der Waals surface area contributed by atoms with Gasteiger partial charge in [-0.15, -0.1) is 4.52 Å². The van der Waals surface area contributed by atoms with Gasteiger partial charge in [0.1, 0.15) is 6.61 Å². The summed E-state index contributed by atoms with van der Waals surface area (Å²) in [6, 6.07) is 7.45. The summed E-state index contributed by atoms with van der Waals surface area (Å²) < 4.78 is 16.7. The van der Waals surface area contributed by atoms with E-state index in [1.165, 1.54) is 6.08 Å². The highest BCUT2D eigenvalue weighted by molar-refractivity contribution is 7.48. The second-order valence-corrected chi connectivity index (χ2v) is 4.53. The molecule has 1 unspecified atom stereocenters. The summed E-state index contributed by atoms with van der Waals surface area (Å²) in [7, 11) is -1.79. The molecule has 0 fully saturated rings. The molecule has 1 aromatic rings. The van der Waals surface area contributed by atoms with Crippen molar-refractivity contribution in [3.05, 3.63) is 35.4 Å². The number of hydrogen-bond acceptors (Lipinski definition) is 3. The van der Waals surface area contributed by atoms with E-state index >= 15 is 0 Å². The van der Waals surface area contributed by atoms with Gasteiger partial charge >= 0.3 is 8.03 Å². The van der Waals surface area contributed by atoms with E-state index in [0.717, 1.165) is 11.1 Å². The van der Waals surface area contributed by atoms with E-state index < -0.39 is 8.03 Å². The van der Waals surface area contributed by atoms with E-state index in [-0.39, 0.29) is 0 Å². The van der Waals surface area contributed by atoms with Crippen LogP contribution in [0.3, 0.4) is 0 Å². The van der Waals surface area contributed by atoms with Crippen LogP contribution in [0.15, 0.2) is 24.3 Å². The van der Waals surface area contributed by atoms with Crippen molar-refractivity contribution in [1.29, 1.82) is 5.26 Å². The lowest BCUT2D eigenvalue weighted by Crippen LogP contribution is -2.00. The quantitative estimate of drug-likeness (QED) is 0.594. The molecule has 0 N–H and O–H groups in total. The molecular weight excluding hydrogens is 221 g/mol. The Morgan fingerprint density at radius 3 is 2.88 bits per heavy atom. The molecule has 0 aliphatic rings. The number of aryl methyl sites for hydroxylation is 1. The Balaban J connectivity index is 3.03. The average molecular weight is 234 g/mol. The van der Waals surface area contributed by atoms with Gasteiger partial charge in [-0.25, -0.2) is 0 Å². The summed E-state index contributed by atoms with van der Waals surface area (Å²) in [5, 5.41) is 9.10. The fourth-order valence-electron chi connectivity index (χ4n) is 1.32. The highest BCUT2D eigenvalue weighted by atomic mass is 31.1. The largest absolute Gasteiger partial charge is 0.548 e. The fourth-order valence-corrected chi connectivity index (χ4v) is 2.27. The van der Waals surface area contributed by atoms with E-state index in [1.54, 1.807) is 19.1 Å². The molecule has 0 aliphatic heterocycles. The number of allylic oxidation sites excluding steroid dienone is 1. The topological polar surface area (TPSA) is 50.1 Å². The zero-order chi connectivity index (χ0) is 12.0. The van der Waals surface area contributed by atoms with Crippen LogP contribution in [0.4, 0.5) is 0 Å². The third-order valence-corrected chi connectivity index (χ3v) is 3.06. The van der Waals surface area contributed by atoms with Crippen LogP contribution in [0.1, 0.15) is 18.1 Å². The van der Waals surface area contributed by atoms with Gasteiger partial charge in [-0.2, -0.15) is 5.26 Å². The summed E-state index contributed by atoms with van der Waals surface area (Å²) >= 11 is 0. The minimum atomic E-state index is -1.79. The third kappa shape index (κ3) is 3.58. The molecular formula is C12H13NO2P+. The molecule has 0 saturated heterocycles. The number of benzene rings is 1.